The lowest BCUT2D eigenvalue weighted by Crippen LogP contribution is -2.64. The Morgan fingerprint density at radius 1 is 0.433 bits per heavy atom. The van der Waals surface area contributed by atoms with E-state index in [4.69, 9.17) is 69.8 Å². The molecule has 0 aromatic rings. The van der Waals surface area contributed by atoms with Crippen molar-refractivity contribution in [1.82, 2.24) is 5.32 Å². The highest BCUT2D eigenvalue weighted by atomic mass is 31.2. The number of nitrogens with one attached hydrogen (secondary N) is 1. The van der Waals surface area contributed by atoms with Gasteiger partial charge in [0.05, 0.1) is 84.9 Å². The first-order chi connectivity index (χ1) is 42.7. The summed E-state index contributed by atoms with van der Waals surface area (Å²) >= 11 is 0. The molecule has 3 aliphatic heterocycles. The lowest BCUT2D eigenvalue weighted by Gasteiger charge is -2.42. The second-order valence-corrected chi connectivity index (χ2v) is 27.4. The van der Waals surface area contributed by atoms with E-state index in [2.05, 4.69) is 5.32 Å². The molecular formula is C55H108NO31P3. The SMILES string of the molecule is CC(=O)NC1[C@H](OCCCCCCOP(=O)(O)OCCCOCC(COCCCOP(=O)(O)OCCCCCCO[C@@H]2OC(CO)[C@H](O)[C@H](O)C2C)(OCCCOP(=O)(O)OCCCCCCO[C@@H]2OC(CO)[C@H](O)[C@H](O)C2C)C(C)C)OC(CO)[C@H](O)[C@@H]1O. The smallest absolute Gasteiger partial charge is 0.394 e. The van der Waals surface area contributed by atoms with Crippen molar-refractivity contribution in [3.05, 3.63) is 0 Å². The zero-order valence-electron chi connectivity index (χ0n) is 52.8. The van der Waals surface area contributed by atoms with E-state index in [0.717, 1.165) is 0 Å². The molecule has 3 heterocycles. The molecule has 90 heavy (non-hydrogen) atoms. The largest absolute Gasteiger partial charge is 0.472 e. The first kappa shape index (κ1) is 83.3. The summed E-state index contributed by atoms with van der Waals surface area (Å²) in [5.41, 5.74) is -1.10. The molecule has 19 atom stereocenters. The Morgan fingerprint density at radius 2 is 0.733 bits per heavy atom. The van der Waals surface area contributed by atoms with Gasteiger partial charge in [-0.25, -0.2) is 13.7 Å². The Kier molecular flexibility index (Phi) is 41.5. The predicted octanol–water partition coefficient (Wildman–Crippen LogP) is 1.83. The number of aliphatic hydroxyl groups excluding tert-OH is 9. The van der Waals surface area contributed by atoms with Gasteiger partial charge in [0.1, 0.15) is 54.4 Å². The van der Waals surface area contributed by atoms with E-state index in [-0.39, 0.29) is 104 Å². The maximum atomic E-state index is 12.7. The fraction of sp³-hybridized carbons (Fsp3) is 0.982. The van der Waals surface area contributed by atoms with E-state index in [1.54, 1.807) is 13.8 Å². The number of phosphoric ester groups is 3. The monoisotopic (exact) mass is 1370 g/mol. The Morgan fingerprint density at radius 3 is 1.07 bits per heavy atom. The molecular weight excluding hydrogens is 1260 g/mol. The van der Waals surface area contributed by atoms with Crippen LogP contribution in [0.4, 0.5) is 0 Å². The summed E-state index contributed by atoms with van der Waals surface area (Å²) in [6.07, 6.45) is -5.74. The summed E-state index contributed by atoms with van der Waals surface area (Å²) < 4.78 is 121. The highest BCUT2D eigenvalue weighted by molar-refractivity contribution is 7.47. The number of aliphatic hydroxyl groups is 9. The van der Waals surface area contributed by atoms with Crippen LogP contribution in [0.2, 0.25) is 0 Å². The Balaban J connectivity index is 1.38. The van der Waals surface area contributed by atoms with Gasteiger partial charge in [-0.1, -0.05) is 66.2 Å². The van der Waals surface area contributed by atoms with E-state index < -0.39 is 146 Å². The number of rotatable bonds is 52. The van der Waals surface area contributed by atoms with Crippen molar-refractivity contribution in [2.24, 2.45) is 17.8 Å². The third kappa shape index (κ3) is 31.5. The summed E-state index contributed by atoms with van der Waals surface area (Å²) in [6, 6.07) is -1.06. The predicted molar refractivity (Wildman–Crippen MR) is 317 cm³/mol. The van der Waals surface area contributed by atoms with Crippen LogP contribution < -0.4 is 5.32 Å². The van der Waals surface area contributed by atoms with Gasteiger partial charge in [0.15, 0.2) is 18.9 Å². The van der Waals surface area contributed by atoms with Crippen LogP contribution in [0.15, 0.2) is 0 Å². The zero-order valence-corrected chi connectivity index (χ0v) is 55.5. The van der Waals surface area contributed by atoms with Gasteiger partial charge in [0.2, 0.25) is 5.91 Å². The molecule has 0 spiro atoms. The maximum absolute atomic E-state index is 12.7. The molecule has 0 aliphatic carbocycles. The molecule has 3 fully saturated rings. The number of carbonyl (C=O) groups is 1. The van der Waals surface area contributed by atoms with Crippen LogP contribution in [0.1, 0.15) is 131 Å². The van der Waals surface area contributed by atoms with E-state index in [1.165, 1.54) is 6.92 Å². The lowest BCUT2D eigenvalue weighted by atomic mass is 9.91. The average Bonchev–Trinajstić information content (AvgIpc) is 0.972. The fourth-order valence-corrected chi connectivity index (χ4v) is 12.1. The van der Waals surface area contributed by atoms with E-state index in [1.807, 2.05) is 13.8 Å². The van der Waals surface area contributed by atoms with Crippen molar-refractivity contribution in [2.75, 3.05) is 112 Å². The topological polar surface area (TPSA) is 462 Å². The molecule has 3 saturated heterocycles. The van der Waals surface area contributed by atoms with Crippen LogP contribution in [0.5, 0.6) is 0 Å². The highest BCUT2D eigenvalue weighted by Crippen LogP contribution is 2.45. The number of hydrogen-bond donors (Lipinski definition) is 13. The molecule has 3 rings (SSSR count). The van der Waals surface area contributed by atoms with Crippen molar-refractivity contribution < 1.29 is 149 Å². The van der Waals surface area contributed by atoms with Gasteiger partial charge in [-0.15, -0.1) is 0 Å². The minimum absolute atomic E-state index is 0.0251. The maximum Gasteiger partial charge on any atom is 0.472 e. The van der Waals surface area contributed by atoms with Crippen LogP contribution in [0.3, 0.4) is 0 Å². The first-order valence-corrected chi connectivity index (χ1v) is 35.9. The molecule has 0 radical (unpaired) electrons. The van der Waals surface area contributed by atoms with Gasteiger partial charge in [-0.2, -0.15) is 0 Å². The second-order valence-electron chi connectivity index (χ2n) is 23.1. The van der Waals surface area contributed by atoms with Gasteiger partial charge in [0.25, 0.3) is 0 Å². The standard InChI is InChI=1S/C55H108NO31P3/c1-38(2)55(78-26-20-32-84-90(71,72)81-29-16-10-7-13-24-76-53-40(4)47(62)49(64)43(34-58)86-53,36-73-21-18-30-82-88(67,68)79-27-15-9-6-12-23-75-52-39(3)46(61)48(63)42(33-57)85-52)37-74-22-19-31-83-89(69,70)80-28-17-11-8-14-25-77-54-45(56-41(5)60)51(66)50(65)44(35-59)87-54/h38-40,42-54,57-59,61-66H,6-37H2,1-5H3,(H,56,60)(H,67,68)(H,69,70)(H,71,72)/t39?,40?,42?,43?,44?,45?,46-,47-,48+,49+,50+,51-,52-,53-,54-,55?/m1/s1. The normalized spacial score (nSPS) is 30.2. The van der Waals surface area contributed by atoms with Crippen molar-refractivity contribution >= 4 is 29.4 Å². The molecule has 0 saturated carbocycles. The second kappa shape index (κ2) is 44.8. The molecule has 35 heteroatoms. The minimum Gasteiger partial charge on any atom is -0.394 e. The molecule has 3 aliphatic rings. The van der Waals surface area contributed by atoms with Crippen LogP contribution in [-0.4, -0.2) is 264 Å². The molecule has 534 valence electrons. The molecule has 0 aromatic carbocycles. The summed E-state index contributed by atoms with van der Waals surface area (Å²) in [7, 11) is -13.2. The summed E-state index contributed by atoms with van der Waals surface area (Å²) in [5, 5.41) is 92.0. The quantitative estimate of drug-likeness (QED) is 0.0305. The number of phosphoric acid groups is 3. The van der Waals surface area contributed by atoms with E-state index in [9.17, 15) is 79.1 Å². The van der Waals surface area contributed by atoms with Crippen LogP contribution in [-0.2, 0) is 88.3 Å². The van der Waals surface area contributed by atoms with Gasteiger partial charge in [-0.3, -0.25) is 31.9 Å². The van der Waals surface area contributed by atoms with Crippen LogP contribution >= 0.6 is 23.5 Å². The Labute approximate surface area is 528 Å². The number of ether oxygens (including phenoxy) is 9. The van der Waals surface area contributed by atoms with Crippen molar-refractivity contribution in [3.8, 4) is 0 Å². The molecule has 0 bridgehead atoms. The van der Waals surface area contributed by atoms with Gasteiger partial charge in [-0.05, 0) is 63.7 Å². The highest BCUT2D eigenvalue weighted by Gasteiger charge is 2.46. The molecule has 13 N–H and O–H groups in total. The molecule has 1 amide bonds. The molecule has 10 unspecified atom stereocenters. The Hall–Kier alpha value is -0.920. The van der Waals surface area contributed by atoms with Gasteiger partial charge >= 0.3 is 23.5 Å². The third-order valence-corrected chi connectivity index (χ3v) is 18.5. The Bertz CT molecular complexity index is 2040. The van der Waals surface area contributed by atoms with Crippen molar-refractivity contribution in [3.63, 3.8) is 0 Å². The summed E-state index contributed by atoms with van der Waals surface area (Å²) in [6.45, 7) is 6.93. The first-order valence-electron chi connectivity index (χ1n) is 31.4. The zero-order chi connectivity index (χ0) is 66.8. The number of hydrogen-bond acceptors (Lipinski definition) is 28. The number of amides is 1. The number of carbonyl (C=O) groups excluding carboxylic acids is 1. The van der Waals surface area contributed by atoms with E-state index in [0.29, 0.717) is 90.3 Å². The molecule has 32 nitrogen and oxygen atoms in total. The van der Waals surface area contributed by atoms with Gasteiger partial charge < -0.3 is 109 Å². The van der Waals surface area contributed by atoms with Crippen LogP contribution in [0.25, 0.3) is 0 Å². The summed E-state index contributed by atoms with van der Waals surface area (Å²) in [4.78, 5) is 42.6. The molecule has 0 aromatic heterocycles. The lowest BCUT2D eigenvalue weighted by molar-refractivity contribution is -0.282. The number of unbranched alkanes of at least 4 members (excludes halogenated alkanes) is 9. The van der Waals surface area contributed by atoms with Crippen molar-refractivity contribution in [2.45, 2.75) is 216 Å². The van der Waals surface area contributed by atoms with Gasteiger partial charge in [0, 0.05) is 58.4 Å². The summed E-state index contributed by atoms with van der Waals surface area (Å²) in [5.74, 6) is -1.74. The van der Waals surface area contributed by atoms with E-state index >= 15 is 0 Å². The fourth-order valence-electron chi connectivity index (χ4n) is 9.67. The van der Waals surface area contributed by atoms with Crippen molar-refractivity contribution in [1.29, 1.82) is 0 Å². The third-order valence-electron chi connectivity index (χ3n) is 15.4. The minimum atomic E-state index is -4.42. The van der Waals surface area contributed by atoms with Crippen LogP contribution in [0, 0.1) is 17.8 Å². The average molecular weight is 1370 g/mol.